The molecule has 0 saturated carbocycles. The van der Waals surface area contributed by atoms with Gasteiger partial charge in [-0.2, -0.15) is 4.57 Å². The molecule has 1 nitrogen and oxygen atoms in total. The minimum absolute atomic E-state index is 0.817. The monoisotopic (exact) mass is 180 g/mol. The van der Waals surface area contributed by atoms with Gasteiger partial charge < -0.3 is 0 Å². The SMILES string of the molecule is CCCC1C[n+]2ccccc2S1. The first kappa shape index (κ1) is 8.11. The molecule has 0 saturated heterocycles. The number of nitrogens with zero attached hydrogens (tertiary/aromatic N) is 1. The summed E-state index contributed by atoms with van der Waals surface area (Å²) in [5.41, 5.74) is 0. The van der Waals surface area contributed by atoms with Gasteiger partial charge in [-0.1, -0.05) is 13.3 Å². The highest BCUT2D eigenvalue weighted by Crippen LogP contribution is 2.28. The molecule has 12 heavy (non-hydrogen) atoms. The standard InChI is InChI=1S/C10H14NS/c1-2-5-9-8-11-7-4-3-6-10(11)12-9/h3-4,6-7,9H,2,5,8H2,1H3/q+1. The highest BCUT2D eigenvalue weighted by Gasteiger charge is 2.27. The zero-order chi connectivity index (χ0) is 8.39. The minimum Gasteiger partial charge on any atom is -0.192 e. The number of hydrogen-bond donors (Lipinski definition) is 0. The van der Waals surface area contributed by atoms with Crippen LogP contribution in [0.2, 0.25) is 0 Å². The van der Waals surface area contributed by atoms with Gasteiger partial charge in [0.25, 0.3) is 0 Å². The maximum Gasteiger partial charge on any atom is 0.240 e. The molecule has 2 rings (SSSR count). The summed E-state index contributed by atoms with van der Waals surface area (Å²) in [6.45, 7) is 3.46. The van der Waals surface area contributed by atoms with Gasteiger partial charge in [-0.25, -0.2) is 0 Å². The predicted molar refractivity (Wildman–Crippen MR) is 51.2 cm³/mol. The fourth-order valence-electron chi connectivity index (χ4n) is 1.62. The summed E-state index contributed by atoms with van der Waals surface area (Å²) in [5, 5.41) is 2.24. The highest BCUT2D eigenvalue weighted by molar-refractivity contribution is 7.99. The maximum absolute atomic E-state index is 2.35. The van der Waals surface area contributed by atoms with E-state index in [2.05, 4.69) is 35.9 Å². The lowest BCUT2D eigenvalue weighted by Crippen LogP contribution is -2.33. The quantitative estimate of drug-likeness (QED) is 0.631. The van der Waals surface area contributed by atoms with E-state index in [1.807, 2.05) is 11.8 Å². The van der Waals surface area contributed by atoms with Crippen molar-refractivity contribution in [2.45, 2.75) is 36.6 Å². The van der Waals surface area contributed by atoms with Crippen molar-refractivity contribution in [1.82, 2.24) is 0 Å². The van der Waals surface area contributed by atoms with Gasteiger partial charge >= 0.3 is 0 Å². The fourth-order valence-corrected chi connectivity index (χ4v) is 2.98. The number of pyridine rings is 1. The average molecular weight is 180 g/mol. The Hall–Kier alpha value is -0.500. The highest BCUT2D eigenvalue weighted by atomic mass is 32.2. The summed E-state index contributed by atoms with van der Waals surface area (Å²) in [7, 11) is 0. The van der Waals surface area contributed by atoms with Crippen LogP contribution in [-0.2, 0) is 6.54 Å². The van der Waals surface area contributed by atoms with Crippen molar-refractivity contribution in [2.24, 2.45) is 0 Å². The van der Waals surface area contributed by atoms with Crippen LogP contribution in [0.1, 0.15) is 19.8 Å². The average Bonchev–Trinajstić information content (AvgIpc) is 2.47. The second-order valence-corrected chi connectivity index (χ2v) is 4.54. The Labute approximate surface area is 77.8 Å². The van der Waals surface area contributed by atoms with Gasteiger partial charge in [-0.3, -0.25) is 0 Å². The van der Waals surface area contributed by atoms with Crippen molar-refractivity contribution in [3.8, 4) is 0 Å². The molecule has 2 heterocycles. The lowest BCUT2D eigenvalue weighted by molar-refractivity contribution is -0.726. The Kier molecular flexibility index (Phi) is 2.35. The van der Waals surface area contributed by atoms with Crippen LogP contribution in [0.5, 0.6) is 0 Å². The third-order valence-electron chi connectivity index (χ3n) is 2.20. The summed E-state index contributed by atoms with van der Waals surface area (Å²) in [6.07, 6.45) is 4.82. The molecule has 0 bridgehead atoms. The van der Waals surface area contributed by atoms with Crippen molar-refractivity contribution >= 4 is 11.8 Å². The Morgan fingerprint density at radius 2 is 2.50 bits per heavy atom. The molecular formula is C10H14NS+. The Morgan fingerprint density at radius 3 is 3.25 bits per heavy atom. The molecule has 0 amide bonds. The Morgan fingerprint density at radius 1 is 1.58 bits per heavy atom. The summed E-state index contributed by atoms with van der Waals surface area (Å²) in [4.78, 5) is 0. The van der Waals surface area contributed by atoms with Crippen LogP contribution in [0.15, 0.2) is 29.4 Å². The van der Waals surface area contributed by atoms with E-state index in [4.69, 9.17) is 0 Å². The molecule has 0 radical (unpaired) electrons. The summed E-state index contributed by atoms with van der Waals surface area (Å²) < 4.78 is 2.35. The summed E-state index contributed by atoms with van der Waals surface area (Å²) >= 11 is 2.02. The van der Waals surface area contributed by atoms with Crippen LogP contribution in [0, 0.1) is 0 Å². The Balaban J connectivity index is 2.11. The van der Waals surface area contributed by atoms with Gasteiger partial charge in [0.05, 0.1) is 5.25 Å². The molecule has 1 unspecified atom stereocenters. The van der Waals surface area contributed by atoms with Crippen LogP contribution >= 0.6 is 11.8 Å². The van der Waals surface area contributed by atoms with E-state index in [0.717, 1.165) is 5.25 Å². The van der Waals surface area contributed by atoms with E-state index in [9.17, 15) is 0 Å². The van der Waals surface area contributed by atoms with Crippen LogP contribution in [0.4, 0.5) is 0 Å². The molecule has 2 heteroatoms. The fraction of sp³-hybridized carbons (Fsp3) is 0.500. The van der Waals surface area contributed by atoms with E-state index in [0.29, 0.717) is 0 Å². The van der Waals surface area contributed by atoms with Crippen molar-refractivity contribution in [3.05, 3.63) is 24.4 Å². The van der Waals surface area contributed by atoms with Gasteiger partial charge in [-0.05, 0) is 24.2 Å². The molecule has 1 atom stereocenters. The third kappa shape index (κ3) is 1.48. The zero-order valence-electron chi connectivity index (χ0n) is 7.36. The van der Waals surface area contributed by atoms with Gasteiger partial charge in [-0.15, -0.1) is 0 Å². The number of rotatable bonds is 2. The van der Waals surface area contributed by atoms with E-state index in [1.165, 1.54) is 24.4 Å². The van der Waals surface area contributed by atoms with Gasteiger partial charge in [0.1, 0.15) is 0 Å². The topological polar surface area (TPSA) is 3.88 Å². The summed E-state index contributed by atoms with van der Waals surface area (Å²) in [5.74, 6) is 0. The normalized spacial score (nSPS) is 20.9. The molecule has 1 aromatic rings. The second-order valence-electron chi connectivity index (χ2n) is 3.22. The summed E-state index contributed by atoms with van der Waals surface area (Å²) in [6, 6.07) is 6.44. The number of fused-ring (bicyclic) bond motifs is 1. The molecule has 0 fully saturated rings. The van der Waals surface area contributed by atoms with Gasteiger partial charge in [0.15, 0.2) is 12.7 Å². The molecule has 1 aromatic heterocycles. The molecule has 0 N–H and O–H groups in total. The molecule has 1 aliphatic rings. The molecule has 0 aliphatic carbocycles. The molecule has 0 spiro atoms. The first-order chi connectivity index (χ1) is 5.90. The predicted octanol–water partition coefficient (Wildman–Crippen LogP) is 2.25. The molecule has 1 aliphatic heterocycles. The van der Waals surface area contributed by atoms with Crippen LogP contribution in [-0.4, -0.2) is 5.25 Å². The maximum atomic E-state index is 2.35. The lowest BCUT2D eigenvalue weighted by atomic mass is 10.2. The van der Waals surface area contributed by atoms with Crippen molar-refractivity contribution in [2.75, 3.05) is 0 Å². The van der Waals surface area contributed by atoms with Gasteiger partial charge in [0.2, 0.25) is 5.03 Å². The molecular weight excluding hydrogens is 166 g/mol. The van der Waals surface area contributed by atoms with Crippen molar-refractivity contribution in [3.63, 3.8) is 0 Å². The van der Waals surface area contributed by atoms with Crippen LogP contribution in [0.3, 0.4) is 0 Å². The number of hydrogen-bond acceptors (Lipinski definition) is 1. The van der Waals surface area contributed by atoms with Crippen LogP contribution < -0.4 is 4.57 Å². The zero-order valence-corrected chi connectivity index (χ0v) is 8.18. The van der Waals surface area contributed by atoms with E-state index in [1.54, 1.807) is 0 Å². The molecule has 0 aromatic carbocycles. The smallest absolute Gasteiger partial charge is 0.192 e. The largest absolute Gasteiger partial charge is 0.240 e. The van der Waals surface area contributed by atoms with Gasteiger partial charge in [0, 0.05) is 12.1 Å². The van der Waals surface area contributed by atoms with Crippen LogP contribution in [0.25, 0.3) is 0 Å². The van der Waals surface area contributed by atoms with E-state index >= 15 is 0 Å². The van der Waals surface area contributed by atoms with E-state index < -0.39 is 0 Å². The minimum atomic E-state index is 0.817. The first-order valence-electron chi connectivity index (χ1n) is 4.55. The third-order valence-corrected chi connectivity index (χ3v) is 3.53. The van der Waals surface area contributed by atoms with Crippen molar-refractivity contribution in [1.29, 1.82) is 0 Å². The lowest BCUT2D eigenvalue weighted by Gasteiger charge is -1.98. The van der Waals surface area contributed by atoms with Crippen molar-refractivity contribution < 1.29 is 4.57 Å². The number of aromatic nitrogens is 1. The first-order valence-corrected chi connectivity index (χ1v) is 5.43. The Bertz CT molecular complexity index is 247. The van der Waals surface area contributed by atoms with E-state index in [-0.39, 0.29) is 0 Å². The molecule has 64 valence electrons. The second kappa shape index (κ2) is 3.48. The number of thioether (sulfide) groups is 1.